The number of thiophene rings is 1. The molecule has 4 nitrogen and oxygen atoms in total. The van der Waals surface area contributed by atoms with E-state index in [-0.39, 0.29) is 12.1 Å². The molecular weight excluding hydrogens is 296 g/mol. The third-order valence-electron chi connectivity index (χ3n) is 3.08. The summed E-state index contributed by atoms with van der Waals surface area (Å²) in [4.78, 5) is 17.1. The minimum Gasteiger partial charge on any atom is -0.386 e. The van der Waals surface area contributed by atoms with Gasteiger partial charge in [-0.15, -0.1) is 11.3 Å². The largest absolute Gasteiger partial charge is 0.386 e. The van der Waals surface area contributed by atoms with Gasteiger partial charge in [0.05, 0.1) is 24.4 Å². The van der Waals surface area contributed by atoms with Crippen molar-refractivity contribution in [2.24, 2.45) is 0 Å². The Morgan fingerprint density at radius 3 is 2.95 bits per heavy atom. The van der Waals surface area contributed by atoms with E-state index < -0.39 is 6.10 Å². The molecule has 0 spiro atoms. The van der Waals surface area contributed by atoms with Crippen LogP contribution in [0.15, 0.2) is 46.8 Å². The Kier molecular flexibility index (Phi) is 3.56. The Hall–Kier alpha value is -1.69. The lowest BCUT2D eigenvalue weighted by Gasteiger charge is -2.14. The molecule has 1 atom stereocenters. The number of hydrogen-bond acceptors (Lipinski definition) is 4. The molecule has 0 fully saturated rings. The number of nitrogens with zero attached hydrogens (tertiary/aromatic N) is 2. The predicted octanol–water partition coefficient (Wildman–Crippen LogP) is 2.85. The Morgan fingerprint density at radius 2 is 2.15 bits per heavy atom. The van der Waals surface area contributed by atoms with Gasteiger partial charge < -0.3 is 5.11 Å². The van der Waals surface area contributed by atoms with E-state index in [0.717, 1.165) is 0 Å². The minimum atomic E-state index is -0.848. The van der Waals surface area contributed by atoms with Gasteiger partial charge in [0.2, 0.25) is 0 Å². The molecule has 2 heterocycles. The first kappa shape index (κ1) is 13.3. The molecule has 0 bridgehead atoms. The summed E-state index contributed by atoms with van der Waals surface area (Å²) in [7, 11) is 0. The van der Waals surface area contributed by atoms with E-state index in [1.165, 1.54) is 22.2 Å². The summed E-state index contributed by atoms with van der Waals surface area (Å²) in [6, 6.07) is 8.79. The zero-order valence-corrected chi connectivity index (χ0v) is 11.9. The lowest BCUT2D eigenvalue weighted by Crippen LogP contribution is -2.23. The monoisotopic (exact) mass is 306 g/mol. The second-order valence-electron chi connectivity index (χ2n) is 4.38. The number of hydrogen-bond donors (Lipinski definition) is 1. The first-order valence-electron chi connectivity index (χ1n) is 6.02. The van der Waals surface area contributed by atoms with Gasteiger partial charge in [0.25, 0.3) is 5.56 Å². The van der Waals surface area contributed by atoms with Gasteiger partial charge >= 0.3 is 0 Å². The van der Waals surface area contributed by atoms with Gasteiger partial charge in [0.15, 0.2) is 0 Å². The van der Waals surface area contributed by atoms with Crippen molar-refractivity contribution >= 4 is 33.2 Å². The molecule has 20 heavy (non-hydrogen) atoms. The van der Waals surface area contributed by atoms with Crippen LogP contribution in [0.5, 0.6) is 0 Å². The maximum absolute atomic E-state index is 12.2. The van der Waals surface area contributed by atoms with Gasteiger partial charge in [-0.05, 0) is 17.5 Å². The molecular formula is C14H11ClN2O2S. The molecule has 0 aliphatic heterocycles. The molecule has 102 valence electrons. The lowest BCUT2D eigenvalue weighted by molar-refractivity contribution is 0.155. The SMILES string of the molecule is O=c1c2ccsc2ncn1C[C@@H](O)c1ccccc1Cl. The highest BCUT2D eigenvalue weighted by atomic mass is 35.5. The first-order valence-corrected chi connectivity index (χ1v) is 7.27. The van der Waals surface area contributed by atoms with E-state index >= 15 is 0 Å². The summed E-state index contributed by atoms with van der Waals surface area (Å²) >= 11 is 7.46. The van der Waals surface area contributed by atoms with Crippen LogP contribution in [-0.2, 0) is 6.54 Å². The zero-order chi connectivity index (χ0) is 14.1. The van der Waals surface area contributed by atoms with E-state index in [2.05, 4.69) is 4.98 Å². The van der Waals surface area contributed by atoms with E-state index in [4.69, 9.17) is 11.6 Å². The van der Waals surface area contributed by atoms with Crippen LogP contribution in [0.3, 0.4) is 0 Å². The van der Waals surface area contributed by atoms with Crippen LogP contribution in [0, 0.1) is 0 Å². The van der Waals surface area contributed by atoms with Crippen molar-refractivity contribution < 1.29 is 5.11 Å². The van der Waals surface area contributed by atoms with E-state index in [1.807, 2.05) is 5.38 Å². The molecule has 0 amide bonds. The fraction of sp³-hybridized carbons (Fsp3) is 0.143. The van der Waals surface area contributed by atoms with Crippen LogP contribution >= 0.6 is 22.9 Å². The third kappa shape index (κ3) is 2.35. The van der Waals surface area contributed by atoms with Crippen LogP contribution in [-0.4, -0.2) is 14.7 Å². The number of aromatic nitrogens is 2. The van der Waals surface area contributed by atoms with Crippen LogP contribution in [0.1, 0.15) is 11.7 Å². The molecule has 0 radical (unpaired) electrons. The summed E-state index contributed by atoms with van der Waals surface area (Å²) in [6.07, 6.45) is 0.612. The van der Waals surface area contributed by atoms with Crippen molar-refractivity contribution in [2.75, 3.05) is 0 Å². The Labute approximate surface area is 123 Å². The number of aliphatic hydroxyl groups is 1. The molecule has 3 aromatic rings. The minimum absolute atomic E-state index is 0.126. The van der Waals surface area contributed by atoms with Gasteiger partial charge in [0.1, 0.15) is 4.83 Å². The summed E-state index contributed by atoms with van der Waals surface area (Å²) in [5.41, 5.74) is 0.453. The molecule has 1 N–H and O–H groups in total. The molecule has 6 heteroatoms. The molecule has 3 rings (SSSR count). The van der Waals surface area contributed by atoms with E-state index in [0.29, 0.717) is 20.8 Å². The summed E-state index contributed by atoms with van der Waals surface area (Å²) in [5.74, 6) is 0. The topological polar surface area (TPSA) is 55.1 Å². The second-order valence-corrected chi connectivity index (χ2v) is 5.68. The van der Waals surface area contributed by atoms with Gasteiger partial charge in [0, 0.05) is 10.6 Å². The Bertz CT molecular complexity index is 812. The average Bonchev–Trinajstić information content (AvgIpc) is 2.91. The second kappa shape index (κ2) is 5.36. The molecule has 0 saturated heterocycles. The normalized spacial score (nSPS) is 12.7. The smallest absolute Gasteiger partial charge is 0.262 e. The van der Waals surface area contributed by atoms with Gasteiger partial charge in [-0.3, -0.25) is 9.36 Å². The zero-order valence-electron chi connectivity index (χ0n) is 10.4. The highest BCUT2D eigenvalue weighted by Gasteiger charge is 2.14. The summed E-state index contributed by atoms with van der Waals surface area (Å²) in [6.45, 7) is 0.126. The fourth-order valence-corrected chi connectivity index (χ4v) is 3.04. The summed E-state index contributed by atoms with van der Waals surface area (Å²) in [5, 5.41) is 13.1. The van der Waals surface area contributed by atoms with Crippen molar-refractivity contribution in [3.63, 3.8) is 0 Å². The van der Waals surface area contributed by atoms with Crippen molar-refractivity contribution in [1.29, 1.82) is 0 Å². The number of aliphatic hydroxyl groups excluding tert-OH is 1. The maximum atomic E-state index is 12.2. The predicted molar refractivity (Wildman–Crippen MR) is 80.3 cm³/mol. The number of fused-ring (bicyclic) bond motifs is 1. The van der Waals surface area contributed by atoms with Crippen LogP contribution in [0.4, 0.5) is 0 Å². The van der Waals surface area contributed by atoms with E-state index in [1.54, 1.807) is 30.3 Å². The third-order valence-corrected chi connectivity index (χ3v) is 4.25. The molecule has 1 aromatic carbocycles. The first-order chi connectivity index (χ1) is 9.66. The maximum Gasteiger partial charge on any atom is 0.262 e. The molecule has 0 aliphatic carbocycles. The molecule has 0 unspecified atom stereocenters. The van der Waals surface area contributed by atoms with Crippen molar-refractivity contribution in [3.8, 4) is 0 Å². The van der Waals surface area contributed by atoms with E-state index in [9.17, 15) is 9.90 Å². The van der Waals surface area contributed by atoms with Gasteiger partial charge in [-0.25, -0.2) is 4.98 Å². The standard InChI is InChI=1S/C14H11ClN2O2S/c15-11-4-2-1-3-9(11)12(18)7-17-8-16-13-10(14(17)19)5-6-20-13/h1-6,8,12,18H,7H2/t12-/m1/s1. The van der Waals surface area contributed by atoms with Crippen molar-refractivity contribution in [3.05, 3.63) is 63.0 Å². The molecule has 2 aromatic heterocycles. The number of benzene rings is 1. The highest BCUT2D eigenvalue weighted by Crippen LogP contribution is 2.23. The summed E-state index contributed by atoms with van der Waals surface area (Å²) < 4.78 is 1.41. The molecule has 0 saturated carbocycles. The highest BCUT2D eigenvalue weighted by molar-refractivity contribution is 7.16. The quantitative estimate of drug-likeness (QED) is 0.809. The van der Waals surface area contributed by atoms with Crippen molar-refractivity contribution in [1.82, 2.24) is 9.55 Å². The van der Waals surface area contributed by atoms with Crippen LogP contribution in [0.25, 0.3) is 10.2 Å². The molecule has 0 aliphatic rings. The number of halogens is 1. The van der Waals surface area contributed by atoms with Gasteiger partial charge in [-0.1, -0.05) is 29.8 Å². The van der Waals surface area contributed by atoms with Crippen LogP contribution in [0.2, 0.25) is 5.02 Å². The van der Waals surface area contributed by atoms with Crippen molar-refractivity contribution in [2.45, 2.75) is 12.6 Å². The fourth-order valence-electron chi connectivity index (χ4n) is 2.05. The lowest BCUT2D eigenvalue weighted by atomic mass is 10.1. The average molecular weight is 307 g/mol. The van der Waals surface area contributed by atoms with Gasteiger partial charge in [-0.2, -0.15) is 0 Å². The Morgan fingerprint density at radius 1 is 1.35 bits per heavy atom. The Balaban J connectivity index is 1.95. The number of rotatable bonds is 3. The van der Waals surface area contributed by atoms with Crippen LogP contribution < -0.4 is 5.56 Å².